The molecule has 5 rings (SSSR count). The van der Waals surface area contributed by atoms with Gasteiger partial charge in [0.15, 0.2) is 6.61 Å². The van der Waals surface area contributed by atoms with Gasteiger partial charge in [0.2, 0.25) is 5.91 Å². The molecule has 1 aromatic heterocycles. The van der Waals surface area contributed by atoms with Crippen LogP contribution in [-0.2, 0) is 14.3 Å². The van der Waals surface area contributed by atoms with Crippen LogP contribution < -0.4 is 10.2 Å². The topological polar surface area (TPSA) is 88.6 Å². The molecule has 0 fully saturated rings. The summed E-state index contributed by atoms with van der Waals surface area (Å²) in [6.07, 6.45) is 0. The lowest BCUT2D eigenvalue weighted by Gasteiger charge is -2.28. The second-order valence-electron chi connectivity index (χ2n) is 7.67. The van der Waals surface area contributed by atoms with Gasteiger partial charge in [0.25, 0.3) is 5.91 Å². The van der Waals surface area contributed by atoms with Crippen LogP contribution in [0, 0.1) is 0 Å². The maximum Gasteiger partial charge on any atom is 0.339 e. The van der Waals surface area contributed by atoms with Crippen LogP contribution in [0.3, 0.4) is 0 Å². The van der Waals surface area contributed by atoms with Crippen molar-refractivity contribution in [1.29, 1.82) is 0 Å². The molecule has 1 aliphatic rings. The summed E-state index contributed by atoms with van der Waals surface area (Å²) < 4.78 is 5.40. The molecule has 2 amide bonds. The van der Waals surface area contributed by atoms with Gasteiger partial charge in [-0.05, 0) is 30.3 Å². The molecule has 0 saturated carbocycles. The third-order valence-electron chi connectivity index (χ3n) is 5.48. The summed E-state index contributed by atoms with van der Waals surface area (Å²) in [5.41, 5.74) is 3.14. The van der Waals surface area contributed by atoms with Crippen LogP contribution >= 0.6 is 11.6 Å². The van der Waals surface area contributed by atoms with Crippen LogP contribution in [0.5, 0.6) is 0 Å². The van der Waals surface area contributed by atoms with E-state index in [0.29, 0.717) is 38.6 Å². The van der Waals surface area contributed by atoms with Crippen molar-refractivity contribution in [2.75, 3.05) is 23.4 Å². The van der Waals surface area contributed by atoms with Crippen molar-refractivity contribution in [3.8, 4) is 11.3 Å². The first-order valence-electron chi connectivity index (χ1n) is 10.5. The van der Waals surface area contributed by atoms with E-state index in [2.05, 4.69) is 10.3 Å². The van der Waals surface area contributed by atoms with E-state index < -0.39 is 18.5 Å². The van der Waals surface area contributed by atoms with Gasteiger partial charge < -0.3 is 10.1 Å². The monoisotopic (exact) mass is 471 g/mol. The minimum absolute atomic E-state index is 0.151. The zero-order valence-electron chi connectivity index (χ0n) is 17.8. The summed E-state index contributed by atoms with van der Waals surface area (Å²) in [5, 5.41) is 3.82. The summed E-state index contributed by atoms with van der Waals surface area (Å²) >= 11 is 6.34. The third-order valence-corrected chi connectivity index (χ3v) is 5.81. The summed E-state index contributed by atoms with van der Waals surface area (Å²) in [4.78, 5) is 43.9. The Labute approximate surface area is 199 Å². The second kappa shape index (κ2) is 8.96. The van der Waals surface area contributed by atoms with Crippen molar-refractivity contribution in [2.24, 2.45) is 0 Å². The minimum atomic E-state index is -0.671. The van der Waals surface area contributed by atoms with E-state index in [0.717, 1.165) is 0 Å². The number of ether oxygens (including phenoxy) is 1. The number of benzene rings is 3. The van der Waals surface area contributed by atoms with Crippen LogP contribution in [0.4, 0.5) is 11.4 Å². The molecule has 7 nitrogen and oxygen atoms in total. The summed E-state index contributed by atoms with van der Waals surface area (Å²) in [6, 6.07) is 23.0. The lowest BCUT2D eigenvalue weighted by Crippen LogP contribution is -2.44. The van der Waals surface area contributed by atoms with Gasteiger partial charge in [-0.1, -0.05) is 60.1 Å². The highest BCUT2D eigenvalue weighted by molar-refractivity contribution is 6.33. The third kappa shape index (κ3) is 4.09. The fraction of sp³-hybridized carbons (Fsp3) is 0.0769. The number of carbonyl (C=O) groups is 3. The fourth-order valence-electron chi connectivity index (χ4n) is 3.89. The molecule has 34 heavy (non-hydrogen) atoms. The molecule has 0 unspecified atom stereocenters. The van der Waals surface area contributed by atoms with E-state index >= 15 is 0 Å². The molecule has 8 heteroatoms. The number of hydrogen-bond acceptors (Lipinski definition) is 5. The van der Waals surface area contributed by atoms with E-state index in [4.69, 9.17) is 16.3 Å². The van der Waals surface area contributed by atoms with Crippen LogP contribution in [0.1, 0.15) is 10.4 Å². The van der Waals surface area contributed by atoms with E-state index in [-0.39, 0.29) is 18.0 Å². The zero-order valence-corrected chi connectivity index (χ0v) is 18.6. The number of pyridine rings is 1. The highest BCUT2D eigenvalue weighted by Crippen LogP contribution is 2.31. The number of rotatable bonds is 4. The molecular formula is C26H18ClN3O4. The van der Waals surface area contributed by atoms with Crippen LogP contribution in [-0.4, -0.2) is 35.9 Å². The average molecular weight is 472 g/mol. The number of nitrogens with zero attached hydrogens (tertiary/aromatic N) is 2. The van der Waals surface area contributed by atoms with Gasteiger partial charge in [0, 0.05) is 16.0 Å². The molecular weight excluding hydrogens is 454 g/mol. The highest BCUT2D eigenvalue weighted by Gasteiger charge is 2.27. The predicted octanol–water partition coefficient (Wildman–Crippen LogP) is 4.70. The van der Waals surface area contributed by atoms with Gasteiger partial charge in [-0.25, -0.2) is 9.78 Å². The Morgan fingerprint density at radius 2 is 1.74 bits per heavy atom. The molecule has 3 aromatic carbocycles. The number of para-hydroxylation sites is 3. The summed E-state index contributed by atoms with van der Waals surface area (Å²) in [6.45, 7) is -0.666. The number of hydrogen-bond donors (Lipinski definition) is 1. The van der Waals surface area contributed by atoms with E-state index in [1.54, 1.807) is 54.6 Å². The Morgan fingerprint density at radius 1 is 1.00 bits per heavy atom. The zero-order chi connectivity index (χ0) is 23.7. The standard InChI is InChI=1S/C26H18ClN3O4/c27-19-9-3-1-8-17(19)22-13-18(16-7-2-4-10-20(16)28-22)26(33)34-15-25(32)30-14-24(31)29-21-11-5-6-12-23(21)30/h1-13H,14-15H2,(H,29,31). The van der Waals surface area contributed by atoms with E-state index in [1.165, 1.54) is 4.90 Å². The SMILES string of the molecule is O=C1CN(C(=O)COC(=O)c2cc(-c3ccccc3Cl)nc3ccccc23)c2ccccc2N1. The fourth-order valence-corrected chi connectivity index (χ4v) is 4.12. The molecule has 0 spiro atoms. The molecule has 2 heterocycles. The number of amides is 2. The number of esters is 1. The Kier molecular flexibility index (Phi) is 5.69. The van der Waals surface area contributed by atoms with Gasteiger partial charge in [0.05, 0.1) is 28.1 Å². The van der Waals surface area contributed by atoms with Crippen LogP contribution in [0.2, 0.25) is 5.02 Å². The van der Waals surface area contributed by atoms with Crippen LogP contribution in [0.15, 0.2) is 78.9 Å². The molecule has 168 valence electrons. The van der Waals surface area contributed by atoms with Crippen molar-refractivity contribution in [3.05, 3.63) is 89.4 Å². The number of anilines is 2. The lowest BCUT2D eigenvalue weighted by molar-refractivity contribution is -0.124. The largest absolute Gasteiger partial charge is 0.452 e. The maximum absolute atomic E-state index is 13.1. The molecule has 4 aromatic rings. The van der Waals surface area contributed by atoms with Gasteiger partial charge in [0.1, 0.15) is 6.54 Å². The first-order chi connectivity index (χ1) is 16.5. The number of nitrogens with one attached hydrogen (secondary N) is 1. The summed E-state index contributed by atoms with van der Waals surface area (Å²) in [7, 11) is 0. The lowest BCUT2D eigenvalue weighted by atomic mass is 10.0. The molecule has 0 saturated heterocycles. The summed E-state index contributed by atoms with van der Waals surface area (Å²) in [5.74, 6) is -1.49. The van der Waals surface area contributed by atoms with Gasteiger partial charge in [-0.2, -0.15) is 0 Å². The van der Waals surface area contributed by atoms with Crippen molar-refractivity contribution < 1.29 is 19.1 Å². The first kappa shape index (κ1) is 21.6. The minimum Gasteiger partial charge on any atom is -0.452 e. The van der Waals surface area contributed by atoms with Crippen molar-refractivity contribution in [3.63, 3.8) is 0 Å². The second-order valence-corrected chi connectivity index (χ2v) is 8.08. The molecule has 0 bridgehead atoms. The van der Waals surface area contributed by atoms with Gasteiger partial charge in [-0.15, -0.1) is 0 Å². The Bertz CT molecular complexity index is 1450. The predicted molar refractivity (Wildman–Crippen MR) is 130 cm³/mol. The van der Waals surface area contributed by atoms with Crippen molar-refractivity contribution in [2.45, 2.75) is 0 Å². The Balaban J connectivity index is 1.43. The molecule has 1 aliphatic heterocycles. The van der Waals surface area contributed by atoms with Gasteiger partial charge in [-0.3, -0.25) is 14.5 Å². The molecule has 0 aliphatic carbocycles. The quantitative estimate of drug-likeness (QED) is 0.436. The molecule has 0 atom stereocenters. The average Bonchev–Trinajstić information content (AvgIpc) is 2.86. The van der Waals surface area contributed by atoms with Crippen molar-refractivity contribution in [1.82, 2.24) is 4.98 Å². The van der Waals surface area contributed by atoms with E-state index in [9.17, 15) is 14.4 Å². The first-order valence-corrected chi connectivity index (χ1v) is 10.9. The van der Waals surface area contributed by atoms with Crippen molar-refractivity contribution >= 4 is 51.7 Å². The maximum atomic E-state index is 13.1. The normalized spacial score (nSPS) is 12.7. The van der Waals surface area contributed by atoms with Crippen LogP contribution in [0.25, 0.3) is 22.2 Å². The number of aromatic nitrogens is 1. The number of fused-ring (bicyclic) bond motifs is 2. The highest BCUT2D eigenvalue weighted by atomic mass is 35.5. The number of halogens is 1. The molecule has 0 radical (unpaired) electrons. The van der Waals surface area contributed by atoms with E-state index in [1.807, 2.05) is 24.3 Å². The smallest absolute Gasteiger partial charge is 0.339 e. The Morgan fingerprint density at radius 3 is 2.59 bits per heavy atom. The van der Waals surface area contributed by atoms with Gasteiger partial charge >= 0.3 is 5.97 Å². The Hall–Kier alpha value is -4.23. The number of carbonyl (C=O) groups excluding carboxylic acids is 3. The molecule has 1 N–H and O–H groups in total.